The van der Waals surface area contributed by atoms with Gasteiger partial charge in [-0.1, -0.05) is 30.7 Å². The molecule has 2 aromatic carbocycles. The summed E-state index contributed by atoms with van der Waals surface area (Å²) in [5, 5.41) is 0. The minimum Gasteiger partial charge on any atom is -0.327 e. The quantitative estimate of drug-likeness (QED) is 0.545. The molecule has 0 spiro atoms. The molecule has 1 heterocycles. The summed E-state index contributed by atoms with van der Waals surface area (Å²) < 4.78 is 28.5. The van der Waals surface area contributed by atoms with Gasteiger partial charge in [0.25, 0.3) is 0 Å². The van der Waals surface area contributed by atoms with Crippen LogP contribution in [0.15, 0.2) is 41.3 Å². The third kappa shape index (κ3) is 4.58. The summed E-state index contributed by atoms with van der Waals surface area (Å²) in [6.07, 6.45) is 0.983. The lowest BCUT2D eigenvalue weighted by Gasteiger charge is -2.19. The standard InChI is InChI=1S/C23H32N4O2S/c1-7-12-27-22-11-10-20(30(28,29)25(4)5)14-21(22)24-23(27)16-26(6)15-19-9-8-17(2)13-18(19)3/h8-11,13-14H,7,12,15-16H2,1-6H3. The molecule has 0 N–H and O–H groups in total. The van der Waals surface area contributed by atoms with Gasteiger partial charge in [-0.05, 0) is 56.6 Å². The highest BCUT2D eigenvalue weighted by Crippen LogP contribution is 2.23. The molecule has 30 heavy (non-hydrogen) atoms. The Labute approximate surface area is 180 Å². The van der Waals surface area contributed by atoms with Crippen LogP contribution < -0.4 is 0 Å². The molecule has 162 valence electrons. The summed E-state index contributed by atoms with van der Waals surface area (Å²) >= 11 is 0. The second-order valence-corrected chi connectivity index (χ2v) is 10.4. The number of sulfonamides is 1. The van der Waals surface area contributed by atoms with Crippen LogP contribution in [0.2, 0.25) is 0 Å². The van der Waals surface area contributed by atoms with E-state index in [2.05, 4.69) is 55.5 Å². The fourth-order valence-corrected chi connectivity index (χ4v) is 4.66. The van der Waals surface area contributed by atoms with Crippen LogP contribution in [0.3, 0.4) is 0 Å². The Kier molecular flexibility index (Phi) is 6.65. The van der Waals surface area contributed by atoms with Crippen molar-refractivity contribution in [1.82, 2.24) is 18.8 Å². The summed E-state index contributed by atoms with van der Waals surface area (Å²) in [4.78, 5) is 7.35. The average molecular weight is 429 g/mol. The van der Waals surface area contributed by atoms with Crippen molar-refractivity contribution >= 4 is 21.1 Å². The molecule has 3 rings (SSSR count). The molecule has 0 aliphatic carbocycles. The average Bonchev–Trinajstić information content (AvgIpc) is 3.00. The normalized spacial score (nSPS) is 12.4. The SMILES string of the molecule is CCCn1c(CN(C)Cc2ccc(C)cc2C)nc2cc(S(=O)(=O)N(C)C)ccc21. The van der Waals surface area contributed by atoms with Gasteiger partial charge < -0.3 is 4.57 Å². The lowest BCUT2D eigenvalue weighted by molar-refractivity contribution is 0.305. The first-order valence-electron chi connectivity index (χ1n) is 10.3. The summed E-state index contributed by atoms with van der Waals surface area (Å²) in [5.74, 6) is 0.957. The molecule has 0 aliphatic heterocycles. The Morgan fingerprint density at radius 2 is 1.73 bits per heavy atom. The summed E-state index contributed by atoms with van der Waals surface area (Å²) in [5.41, 5.74) is 5.57. The molecule has 0 atom stereocenters. The minimum atomic E-state index is -3.48. The van der Waals surface area contributed by atoms with Crippen LogP contribution >= 0.6 is 0 Å². The zero-order valence-corrected chi connectivity index (χ0v) is 19.6. The minimum absolute atomic E-state index is 0.274. The van der Waals surface area contributed by atoms with Crippen molar-refractivity contribution in [3.05, 3.63) is 58.9 Å². The highest BCUT2D eigenvalue weighted by Gasteiger charge is 2.20. The van der Waals surface area contributed by atoms with Crippen molar-refractivity contribution < 1.29 is 8.42 Å². The van der Waals surface area contributed by atoms with Gasteiger partial charge in [0.15, 0.2) is 0 Å². The molecule has 0 unspecified atom stereocenters. The molecule has 6 nitrogen and oxygen atoms in total. The number of nitrogens with zero attached hydrogens (tertiary/aromatic N) is 4. The van der Waals surface area contributed by atoms with Gasteiger partial charge in [-0.3, -0.25) is 4.90 Å². The molecule has 0 saturated heterocycles. The van der Waals surface area contributed by atoms with E-state index in [1.165, 1.54) is 21.0 Å². The van der Waals surface area contributed by atoms with E-state index in [0.717, 1.165) is 36.4 Å². The van der Waals surface area contributed by atoms with Crippen molar-refractivity contribution in [1.29, 1.82) is 0 Å². The fourth-order valence-electron chi connectivity index (χ4n) is 3.74. The van der Waals surface area contributed by atoms with E-state index in [0.29, 0.717) is 6.54 Å². The number of imidazole rings is 1. The number of hydrogen-bond acceptors (Lipinski definition) is 4. The predicted octanol–water partition coefficient (Wildman–Crippen LogP) is 3.95. The zero-order valence-electron chi connectivity index (χ0n) is 18.8. The van der Waals surface area contributed by atoms with Crippen molar-refractivity contribution in [2.75, 3.05) is 21.1 Å². The molecule has 0 amide bonds. The Morgan fingerprint density at radius 1 is 1.00 bits per heavy atom. The third-order valence-electron chi connectivity index (χ3n) is 5.37. The van der Waals surface area contributed by atoms with Crippen LogP contribution in [0.5, 0.6) is 0 Å². The number of rotatable bonds is 8. The van der Waals surface area contributed by atoms with Crippen LogP contribution in [0.25, 0.3) is 11.0 Å². The first-order chi connectivity index (χ1) is 14.1. The Morgan fingerprint density at radius 3 is 2.37 bits per heavy atom. The van der Waals surface area contributed by atoms with E-state index < -0.39 is 10.0 Å². The van der Waals surface area contributed by atoms with Crippen LogP contribution in [0, 0.1) is 13.8 Å². The Balaban J connectivity index is 1.93. The van der Waals surface area contributed by atoms with Crippen LogP contribution in [-0.4, -0.2) is 48.3 Å². The van der Waals surface area contributed by atoms with Gasteiger partial charge in [-0.15, -0.1) is 0 Å². The van der Waals surface area contributed by atoms with Gasteiger partial charge in [0.05, 0.1) is 22.5 Å². The maximum absolute atomic E-state index is 12.5. The highest BCUT2D eigenvalue weighted by molar-refractivity contribution is 7.89. The number of fused-ring (bicyclic) bond motifs is 1. The number of hydrogen-bond donors (Lipinski definition) is 0. The third-order valence-corrected chi connectivity index (χ3v) is 7.19. The first-order valence-corrected chi connectivity index (χ1v) is 11.7. The van der Waals surface area contributed by atoms with Crippen molar-refractivity contribution in [2.45, 2.75) is 51.7 Å². The monoisotopic (exact) mass is 428 g/mol. The molecular formula is C23H32N4O2S. The maximum atomic E-state index is 12.5. The smallest absolute Gasteiger partial charge is 0.242 e. The summed E-state index contributed by atoms with van der Waals surface area (Å²) in [6.45, 7) is 8.77. The predicted molar refractivity (Wildman–Crippen MR) is 122 cm³/mol. The number of aryl methyl sites for hydroxylation is 3. The van der Waals surface area contributed by atoms with E-state index >= 15 is 0 Å². The lowest BCUT2D eigenvalue weighted by Crippen LogP contribution is -2.22. The van der Waals surface area contributed by atoms with E-state index in [4.69, 9.17) is 4.98 Å². The molecule has 7 heteroatoms. The van der Waals surface area contributed by atoms with Gasteiger partial charge in [0.1, 0.15) is 5.82 Å². The molecule has 1 aromatic heterocycles. The second kappa shape index (κ2) is 8.88. The van der Waals surface area contributed by atoms with E-state index in [1.54, 1.807) is 26.2 Å². The molecular weight excluding hydrogens is 396 g/mol. The summed E-state index contributed by atoms with van der Waals surface area (Å²) in [6, 6.07) is 11.8. The second-order valence-electron chi connectivity index (χ2n) is 8.22. The van der Waals surface area contributed by atoms with Crippen molar-refractivity contribution in [3.63, 3.8) is 0 Å². The van der Waals surface area contributed by atoms with Crippen LogP contribution in [0.4, 0.5) is 0 Å². The fraction of sp³-hybridized carbons (Fsp3) is 0.435. The number of benzene rings is 2. The van der Waals surface area contributed by atoms with Crippen LogP contribution in [-0.2, 0) is 29.7 Å². The van der Waals surface area contributed by atoms with Crippen molar-refractivity contribution in [3.8, 4) is 0 Å². The number of aromatic nitrogens is 2. The topological polar surface area (TPSA) is 58.4 Å². The Bertz CT molecular complexity index is 1150. The van der Waals surface area contributed by atoms with Gasteiger partial charge in [0, 0.05) is 27.2 Å². The van der Waals surface area contributed by atoms with Gasteiger partial charge >= 0.3 is 0 Å². The van der Waals surface area contributed by atoms with Gasteiger partial charge in [-0.2, -0.15) is 0 Å². The van der Waals surface area contributed by atoms with Gasteiger partial charge in [0.2, 0.25) is 10.0 Å². The molecule has 0 radical (unpaired) electrons. The molecule has 0 fully saturated rings. The summed E-state index contributed by atoms with van der Waals surface area (Å²) in [7, 11) is 1.70. The van der Waals surface area contributed by atoms with Crippen molar-refractivity contribution in [2.24, 2.45) is 0 Å². The van der Waals surface area contributed by atoms with E-state index in [-0.39, 0.29) is 4.90 Å². The first kappa shape index (κ1) is 22.5. The highest BCUT2D eigenvalue weighted by atomic mass is 32.2. The van der Waals surface area contributed by atoms with E-state index in [1.807, 2.05) is 6.07 Å². The molecule has 3 aromatic rings. The largest absolute Gasteiger partial charge is 0.327 e. The van der Waals surface area contributed by atoms with Gasteiger partial charge in [-0.25, -0.2) is 17.7 Å². The van der Waals surface area contributed by atoms with E-state index in [9.17, 15) is 8.42 Å². The Hall–Kier alpha value is -2.22. The zero-order chi connectivity index (χ0) is 22.1. The lowest BCUT2D eigenvalue weighted by atomic mass is 10.1. The molecule has 0 aliphatic rings. The molecule has 0 saturated carbocycles. The molecule has 0 bridgehead atoms. The van der Waals surface area contributed by atoms with Crippen LogP contribution in [0.1, 0.15) is 35.9 Å². The maximum Gasteiger partial charge on any atom is 0.242 e.